The number of H-pyrrole nitrogens is 1. The van der Waals surface area contributed by atoms with Crippen molar-refractivity contribution in [3.63, 3.8) is 0 Å². The van der Waals surface area contributed by atoms with Crippen LogP contribution in [0.5, 0.6) is 0 Å². The normalized spacial score (nSPS) is 23.1. The quantitative estimate of drug-likeness (QED) is 0.749. The highest BCUT2D eigenvalue weighted by Gasteiger charge is 2.23. The van der Waals surface area contributed by atoms with E-state index in [-0.39, 0.29) is 10.6 Å². The second-order valence-corrected chi connectivity index (χ2v) is 7.47. The van der Waals surface area contributed by atoms with Crippen molar-refractivity contribution in [2.45, 2.75) is 43.9 Å². The minimum absolute atomic E-state index is 0.0258. The van der Waals surface area contributed by atoms with Gasteiger partial charge in [-0.2, -0.15) is 0 Å². The van der Waals surface area contributed by atoms with Gasteiger partial charge in [-0.3, -0.25) is 0 Å². The average Bonchev–Trinajstić information content (AvgIpc) is 2.97. The van der Waals surface area contributed by atoms with Gasteiger partial charge in [0.2, 0.25) is 10.0 Å². The van der Waals surface area contributed by atoms with Gasteiger partial charge in [-0.1, -0.05) is 26.2 Å². The van der Waals surface area contributed by atoms with Gasteiger partial charge in [-0.15, -0.1) is 0 Å². The topological polar surface area (TPSA) is 99.3 Å². The van der Waals surface area contributed by atoms with E-state index in [4.69, 9.17) is 5.11 Å². The minimum atomic E-state index is -3.64. The predicted octanol–water partition coefficient (Wildman–Crippen LogP) is 2.21. The molecule has 1 aromatic rings. The molecule has 0 spiro atoms. The van der Waals surface area contributed by atoms with E-state index < -0.39 is 16.0 Å². The second-order valence-electron chi connectivity index (χ2n) is 5.70. The highest BCUT2D eigenvalue weighted by Crippen LogP contribution is 2.30. The first-order chi connectivity index (χ1) is 9.92. The average molecular weight is 314 g/mol. The summed E-state index contributed by atoms with van der Waals surface area (Å²) < 4.78 is 26.8. The summed E-state index contributed by atoms with van der Waals surface area (Å²) in [5, 5.41) is 8.80. The van der Waals surface area contributed by atoms with Crippen LogP contribution in [0.25, 0.3) is 0 Å². The lowest BCUT2D eigenvalue weighted by Crippen LogP contribution is -2.31. The van der Waals surface area contributed by atoms with Crippen molar-refractivity contribution < 1.29 is 18.3 Å². The van der Waals surface area contributed by atoms with Crippen molar-refractivity contribution >= 4 is 16.0 Å². The molecule has 3 N–H and O–H groups in total. The Balaban J connectivity index is 1.91. The van der Waals surface area contributed by atoms with E-state index in [1.165, 1.54) is 12.6 Å². The number of nitrogens with one attached hydrogen (secondary N) is 2. The van der Waals surface area contributed by atoms with Crippen molar-refractivity contribution in [2.75, 3.05) is 6.54 Å². The Labute approximate surface area is 125 Å². The van der Waals surface area contributed by atoms with Crippen LogP contribution in [0.3, 0.4) is 0 Å². The molecular weight excluding hydrogens is 292 g/mol. The molecule has 0 bridgehead atoms. The fourth-order valence-corrected chi connectivity index (χ4v) is 3.92. The number of carboxylic acids is 1. The highest BCUT2D eigenvalue weighted by atomic mass is 32.2. The van der Waals surface area contributed by atoms with Crippen molar-refractivity contribution in [3.05, 3.63) is 18.0 Å². The van der Waals surface area contributed by atoms with Crippen LogP contribution >= 0.6 is 0 Å². The Morgan fingerprint density at radius 1 is 1.33 bits per heavy atom. The Morgan fingerprint density at radius 2 is 1.95 bits per heavy atom. The van der Waals surface area contributed by atoms with E-state index in [1.807, 2.05) is 0 Å². The SMILES string of the molecule is CCC1CCC(CNS(=O)(=O)c2c[nH]c(C(=O)O)c2)CC1. The number of hydrogen-bond donors (Lipinski definition) is 3. The fraction of sp³-hybridized carbons (Fsp3) is 0.643. The lowest BCUT2D eigenvalue weighted by Gasteiger charge is -2.27. The maximum atomic E-state index is 12.1. The Kier molecular flexibility index (Phi) is 5.05. The summed E-state index contributed by atoms with van der Waals surface area (Å²) in [5.74, 6) is -0.0181. The van der Waals surface area contributed by atoms with Crippen LogP contribution in [-0.2, 0) is 10.0 Å². The van der Waals surface area contributed by atoms with Gasteiger partial charge in [-0.05, 0) is 30.7 Å². The van der Waals surface area contributed by atoms with Gasteiger partial charge < -0.3 is 10.1 Å². The Bertz CT molecular complexity index is 586. The third kappa shape index (κ3) is 4.07. The van der Waals surface area contributed by atoms with Crippen molar-refractivity contribution in [2.24, 2.45) is 11.8 Å². The number of carboxylic acid groups (broad SMARTS) is 1. The van der Waals surface area contributed by atoms with Crippen LogP contribution in [0.15, 0.2) is 17.2 Å². The van der Waals surface area contributed by atoms with Gasteiger partial charge in [0.1, 0.15) is 10.6 Å². The van der Waals surface area contributed by atoms with E-state index in [2.05, 4.69) is 16.6 Å². The zero-order valence-electron chi connectivity index (χ0n) is 12.1. The first-order valence-corrected chi connectivity index (χ1v) is 8.82. The van der Waals surface area contributed by atoms with Gasteiger partial charge in [0.15, 0.2) is 0 Å². The number of aromatic carboxylic acids is 1. The molecule has 1 aliphatic rings. The molecule has 0 unspecified atom stereocenters. The summed E-state index contributed by atoms with van der Waals surface area (Å²) in [5.41, 5.74) is -0.126. The standard InChI is InChI=1S/C14H22N2O4S/c1-2-10-3-5-11(6-4-10)8-16-21(19,20)12-7-13(14(17)18)15-9-12/h7,9-11,15-16H,2-6,8H2,1H3,(H,17,18). The number of hydrogen-bond acceptors (Lipinski definition) is 3. The molecule has 0 saturated heterocycles. The van der Waals surface area contributed by atoms with Crippen LogP contribution in [-0.4, -0.2) is 31.0 Å². The molecule has 0 aromatic carbocycles. The van der Waals surface area contributed by atoms with E-state index in [1.54, 1.807) is 0 Å². The number of sulfonamides is 1. The summed E-state index contributed by atoms with van der Waals surface area (Å²) in [6.07, 6.45) is 6.83. The molecule has 6 nitrogen and oxygen atoms in total. The minimum Gasteiger partial charge on any atom is -0.477 e. The van der Waals surface area contributed by atoms with E-state index in [0.717, 1.165) is 37.7 Å². The lowest BCUT2D eigenvalue weighted by atomic mass is 9.81. The molecular formula is C14H22N2O4S. The van der Waals surface area contributed by atoms with E-state index in [9.17, 15) is 13.2 Å². The summed E-state index contributed by atoms with van der Waals surface area (Å²) in [6.45, 7) is 2.62. The molecule has 1 saturated carbocycles. The van der Waals surface area contributed by atoms with Gasteiger partial charge in [-0.25, -0.2) is 17.9 Å². The zero-order valence-corrected chi connectivity index (χ0v) is 12.9. The van der Waals surface area contributed by atoms with Crippen LogP contribution < -0.4 is 4.72 Å². The van der Waals surface area contributed by atoms with Gasteiger partial charge in [0.05, 0.1) is 0 Å². The van der Waals surface area contributed by atoms with E-state index in [0.29, 0.717) is 12.5 Å². The summed E-state index contributed by atoms with van der Waals surface area (Å²) >= 11 is 0. The molecule has 0 atom stereocenters. The van der Waals surface area contributed by atoms with Gasteiger partial charge in [0.25, 0.3) is 0 Å². The van der Waals surface area contributed by atoms with Crippen LogP contribution in [0.1, 0.15) is 49.5 Å². The third-order valence-corrected chi connectivity index (χ3v) is 5.71. The predicted molar refractivity (Wildman–Crippen MR) is 78.7 cm³/mol. The molecule has 0 radical (unpaired) electrons. The molecule has 2 rings (SSSR count). The second kappa shape index (κ2) is 6.62. The van der Waals surface area contributed by atoms with E-state index >= 15 is 0 Å². The first-order valence-electron chi connectivity index (χ1n) is 7.33. The van der Waals surface area contributed by atoms with Gasteiger partial charge >= 0.3 is 5.97 Å². The largest absolute Gasteiger partial charge is 0.477 e. The molecule has 1 heterocycles. The summed E-state index contributed by atoms with van der Waals surface area (Å²) in [6, 6.07) is 1.14. The van der Waals surface area contributed by atoms with Crippen LogP contribution in [0, 0.1) is 11.8 Å². The van der Waals surface area contributed by atoms with Gasteiger partial charge in [0, 0.05) is 12.7 Å². The fourth-order valence-electron chi connectivity index (χ4n) is 2.81. The first kappa shape index (κ1) is 16.0. The molecule has 0 amide bonds. The Morgan fingerprint density at radius 3 is 2.48 bits per heavy atom. The molecule has 1 fully saturated rings. The number of carbonyl (C=O) groups is 1. The summed E-state index contributed by atoms with van der Waals surface area (Å²) in [4.78, 5) is 13.2. The third-order valence-electron chi connectivity index (χ3n) is 4.30. The Hall–Kier alpha value is -1.34. The molecule has 7 heteroatoms. The number of aromatic nitrogens is 1. The highest BCUT2D eigenvalue weighted by molar-refractivity contribution is 7.89. The number of rotatable bonds is 6. The molecule has 1 aliphatic carbocycles. The van der Waals surface area contributed by atoms with Crippen molar-refractivity contribution in [3.8, 4) is 0 Å². The molecule has 21 heavy (non-hydrogen) atoms. The van der Waals surface area contributed by atoms with Crippen LogP contribution in [0.2, 0.25) is 0 Å². The maximum Gasteiger partial charge on any atom is 0.352 e. The number of aromatic amines is 1. The maximum absolute atomic E-state index is 12.1. The van der Waals surface area contributed by atoms with Crippen molar-refractivity contribution in [1.82, 2.24) is 9.71 Å². The van der Waals surface area contributed by atoms with Crippen LogP contribution in [0.4, 0.5) is 0 Å². The molecule has 118 valence electrons. The zero-order chi connectivity index (χ0) is 15.5. The monoisotopic (exact) mass is 314 g/mol. The van der Waals surface area contributed by atoms with Crippen molar-refractivity contribution in [1.29, 1.82) is 0 Å². The smallest absolute Gasteiger partial charge is 0.352 e. The lowest BCUT2D eigenvalue weighted by molar-refractivity contribution is 0.0691. The summed E-state index contributed by atoms with van der Waals surface area (Å²) in [7, 11) is -3.64. The molecule has 1 aromatic heterocycles. The molecule has 0 aliphatic heterocycles.